The van der Waals surface area contributed by atoms with Gasteiger partial charge in [-0.3, -0.25) is 30.6 Å². The second-order valence-electron chi connectivity index (χ2n) is 5.68. The Labute approximate surface area is 150 Å². The molecule has 0 radical (unpaired) electrons. The molecule has 0 spiro atoms. The highest BCUT2D eigenvalue weighted by Crippen LogP contribution is 2.21. The van der Waals surface area contributed by atoms with Crippen molar-refractivity contribution in [1.82, 2.24) is 10.9 Å². The molecule has 0 saturated heterocycles. The van der Waals surface area contributed by atoms with Gasteiger partial charge in [0.15, 0.2) is 6.10 Å². The van der Waals surface area contributed by atoms with Crippen LogP contribution < -0.4 is 15.6 Å². The van der Waals surface area contributed by atoms with Gasteiger partial charge in [0.05, 0.1) is 4.92 Å². The molecule has 26 heavy (non-hydrogen) atoms. The molecule has 0 aliphatic rings. The molecule has 1 atom stereocenters. The molecule has 2 rings (SSSR count). The summed E-state index contributed by atoms with van der Waals surface area (Å²) >= 11 is 0. The van der Waals surface area contributed by atoms with Crippen molar-refractivity contribution in [1.29, 1.82) is 0 Å². The SMILES string of the molecule is Cc1cccc(OC(C)C(=O)NNC(=O)c2ccccc2[N+](=O)[O-])c1C. The number of carbonyl (C=O) groups excluding carboxylic acids is 2. The van der Waals surface area contributed by atoms with Crippen LogP contribution in [0.2, 0.25) is 0 Å². The minimum absolute atomic E-state index is 0.152. The molecule has 0 fully saturated rings. The first-order valence-corrected chi connectivity index (χ1v) is 7.87. The fourth-order valence-corrected chi connectivity index (χ4v) is 2.21. The first kappa shape index (κ1) is 18.9. The van der Waals surface area contributed by atoms with Gasteiger partial charge in [-0.25, -0.2) is 0 Å². The standard InChI is InChI=1S/C18H19N3O5/c1-11-7-6-10-16(12(11)2)26-13(3)17(22)19-20-18(23)14-8-4-5-9-15(14)21(24)25/h4-10,13H,1-3H3,(H,19,22)(H,20,23). The third kappa shape index (κ3) is 4.35. The van der Waals surface area contributed by atoms with Crippen molar-refractivity contribution in [2.45, 2.75) is 26.9 Å². The Bertz CT molecular complexity index is 850. The van der Waals surface area contributed by atoms with Crippen LogP contribution in [-0.4, -0.2) is 22.8 Å². The van der Waals surface area contributed by atoms with Crippen molar-refractivity contribution in [3.8, 4) is 5.75 Å². The molecule has 0 aliphatic carbocycles. The number of benzene rings is 2. The van der Waals surface area contributed by atoms with E-state index in [1.807, 2.05) is 26.0 Å². The van der Waals surface area contributed by atoms with E-state index < -0.39 is 22.8 Å². The van der Waals surface area contributed by atoms with Gasteiger partial charge in [-0.2, -0.15) is 0 Å². The van der Waals surface area contributed by atoms with Gasteiger partial charge in [-0.05, 0) is 44.0 Å². The molecule has 8 heteroatoms. The number of nitro groups is 1. The number of ether oxygens (including phenoxy) is 1. The van der Waals surface area contributed by atoms with Crippen LogP contribution in [0, 0.1) is 24.0 Å². The number of amides is 2. The summed E-state index contributed by atoms with van der Waals surface area (Å²) in [6.07, 6.45) is -0.874. The second-order valence-corrected chi connectivity index (χ2v) is 5.68. The second kappa shape index (κ2) is 8.11. The van der Waals surface area contributed by atoms with Crippen LogP contribution in [0.15, 0.2) is 42.5 Å². The summed E-state index contributed by atoms with van der Waals surface area (Å²) in [5, 5.41) is 11.0. The summed E-state index contributed by atoms with van der Waals surface area (Å²) < 4.78 is 5.62. The highest BCUT2D eigenvalue weighted by atomic mass is 16.6. The van der Waals surface area contributed by atoms with Crippen molar-refractivity contribution in [3.63, 3.8) is 0 Å². The monoisotopic (exact) mass is 357 g/mol. The lowest BCUT2D eigenvalue weighted by Gasteiger charge is -2.17. The number of aryl methyl sites for hydroxylation is 1. The third-order valence-electron chi connectivity index (χ3n) is 3.87. The summed E-state index contributed by atoms with van der Waals surface area (Å²) in [6, 6.07) is 11.0. The third-order valence-corrected chi connectivity index (χ3v) is 3.87. The van der Waals surface area contributed by atoms with Crippen LogP contribution in [-0.2, 0) is 4.79 Å². The van der Waals surface area contributed by atoms with Crippen molar-refractivity contribution in [2.24, 2.45) is 0 Å². The average Bonchev–Trinajstić information content (AvgIpc) is 2.63. The number of hydrogen-bond donors (Lipinski definition) is 2. The molecule has 0 bridgehead atoms. The predicted molar refractivity (Wildman–Crippen MR) is 94.7 cm³/mol. The molecule has 2 N–H and O–H groups in total. The molecule has 0 saturated carbocycles. The highest BCUT2D eigenvalue weighted by Gasteiger charge is 2.21. The van der Waals surface area contributed by atoms with Gasteiger partial charge in [0.2, 0.25) is 0 Å². The number of hydrogen-bond acceptors (Lipinski definition) is 5. The van der Waals surface area contributed by atoms with E-state index in [-0.39, 0.29) is 11.3 Å². The molecular weight excluding hydrogens is 338 g/mol. The molecule has 136 valence electrons. The maximum absolute atomic E-state index is 12.1. The molecule has 8 nitrogen and oxygen atoms in total. The van der Waals surface area contributed by atoms with E-state index in [2.05, 4.69) is 10.9 Å². The van der Waals surface area contributed by atoms with E-state index in [0.717, 1.165) is 11.1 Å². The van der Waals surface area contributed by atoms with Crippen LogP contribution in [0.4, 0.5) is 5.69 Å². The maximum Gasteiger partial charge on any atom is 0.282 e. The Morgan fingerprint density at radius 2 is 1.77 bits per heavy atom. The first-order valence-electron chi connectivity index (χ1n) is 7.87. The number of nitrogens with one attached hydrogen (secondary N) is 2. The largest absolute Gasteiger partial charge is 0.481 e. The highest BCUT2D eigenvalue weighted by molar-refractivity contribution is 5.99. The van der Waals surface area contributed by atoms with Gasteiger partial charge < -0.3 is 4.74 Å². The van der Waals surface area contributed by atoms with E-state index in [9.17, 15) is 19.7 Å². The molecular formula is C18H19N3O5. The van der Waals surface area contributed by atoms with Gasteiger partial charge in [0.25, 0.3) is 17.5 Å². The summed E-state index contributed by atoms with van der Waals surface area (Å²) in [5.41, 5.74) is 5.82. The zero-order valence-electron chi connectivity index (χ0n) is 14.6. The van der Waals surface area contributed by atoms with Crippen molar-refractivity contribution in [2.75, 3.05) is 0 Å². The lowest BCUT2D eigenvalue weighted by atomic mass is 10.1. The molecule has 0 aliphatic heterocycles. The lowest BCUT2D eigenvalue weighted by molar-refractivity contribution is -0.385. The van der Waals surface area contributed by atoms with Crippen LogP contribution >= 0.6 is 0 Å². The fourth-order valence-electron chi connectivity index (χ4n) is 2.21. The zero-order chi connectivity index (χ0) is 19.3. The Kier molecular flexibility index (Phi) is 5.90. The first-order chi connectivity index (χ1) is 12.3. The zero-order valence-corrected chi connectivity index (χ0v) is 14.6. The van der Waals surface area contributed by atoms with Gasteiger partial charge in [-0.15, -0.1) is 0 Å². The van der Waals surface area contributed by atoms with Crippen molar-refractivity contribution >= 4 is 17.5 Å². The molecule has 1 unspecified atom stereocenters. The number of carbonyl (C=O) groups is 2. The Morgan fingerprint density at radius 3 is 2.46 bits per heavy atom. The lowest BCUT2D eigenvalue weighted by Crippen LogP contribution is -2.47. The average molecular weight is 357 g/mol. The summed E-state index contributed by atoms with van der Waals surface area (Å²) in [4.78, 5) is 34.5. The fraction of sp³-hybridized carbons (Fsp3) is 0.222. The van der Waals surface area contributed by atoms with Gasteiger partial charge in [0, 0.05) is 6.07 Å². The van der Waals surface area contributed by atoms with E-state index in [1.54, 1.807) is 6.07 Å². The van der Waals surface area contributed by atoms with Gasteiger partial charge in [-0.1, -0.05) is 24.3 Å². The number of para-hydroxylation sites is 1. The van der Waals surface area contributed by atoms with E-state index in [0.29, 0.717) is 5.75 Å². The summed E-state index contributed by atoms with van der Waals surface area (Å²) in [5.74, 6) is -0.805. The number of nitrogens with zero attached hydrogens (tertiary/aromatic N) is 1. The molecule has 2 amide bonds. The molecule has 0 aromatic heterocycles. The maximum atomic E-state index is 12.1. The smallest absolute Gasteiger partial charge is 0.282 e. The molecule has 2 aromatic rings. The molecule has 0 heterocycles. The topological polar surface area (TPSA) is 111 Å². The minimum Gasteiger partial charge on any atom is -0.481 e. The van der Waals surface area contributed by atoms with Crippen molar-refractivity contribution < 1.29 is 19.2 Å². The summed E-state index contributed by atoms with van der Waals surface area (Å²) in [6.45, 7) is 5.35. The minimum atomic E-state index is -0.874. The molecule has 2 aromatic carbocycles. The van der Waals surface area contributed by atoms with E-state index >= 15 is 0 Å². The number of hydrazine groups is 1. The van der Waals surface area contributed by atoms with Crippen LogP contribution in [0.1, 0.15) is 28.4 Å². The Morgan fingerprint density at radius 1 is 1.08 bits per heavy atom. The van der Waals surface area contributed by atoms with Gasteiger partial charge in [0.1, 0.15) is 11.3 Å². The Hall–Kier alpha value is -3.42. The van der Waals surface area contributed by atoms with Crippen LogP contribution in [0.3, 0.4) is 0 Å². The number of nitro benzene ring substituents is 1. The van der Waals surface area contributed by atoms with Crippen LogP contribution in [0.25, 0.3) is 0 Å². The summed E-state index contributed by atoms with van der Waals surface area (Å²) in [7, 11) is 0. The van der Waals surface area contributed by atoms with Crippen molar-refractivity contribution in [3.05, 3.63) is 69.3 Å². The predicted octanol–water partition coefficient (Wildman–Crippen LogP) is 2.44. The van der Waals surface area contributed by atoms with Crippen LogP contribution in [0.5, 0.6) is 5.75 Å². The van der Waals surface area contributed by atoms with Gasteiger partial charge >= 0.3 is 0 Å². The number of rotatable bonds is 5. The van der Waals surface area contributed by atoms with E-state index in [4.69, 9.17) is 4.74 Å². The normalized spacial score (nSPS) is 11.3. The Balaban J connectivity index is 1.99. The van der Waals surface area contributed by atoms with E-state index in [1.165, 1.54) is 31.2 Å². The quantitative estimate of drug-likeness (QED) is 0.631.